The third kappa shape index (κ3) is 2.83. The lowest BCUT2D eigenvalue weighted by atomic mass is 9.90. The van der Waals surface area contributed by atoms with E-state index in [9.17, 15) is 0 Å². The van der Waals surface area contributed by atoms with E-state index in [2.05, 4.69) is 29.3 Å². The molecule has 1 saturated heterocycles. The zero-order valence-corrected chi connectivity index (χ0v) is 10.3. The molecule has 1 aromatic heterocycles. The van der Waals surface area contributed by atoms with Crippen LogP contribution in [0.2, 0.25) is 0 Å². The van der Waals surface area contributed by atoms with E-state index in [1.54, 1.807) is 0 Å². The molecule has 0 radical (unpaired) electrons. The van der Waals surface area contributed by atoms with Gasteiger partial charge in [0.2, 0.25) is 0 Å². The number of hydrogen-bond acceptors (Lipinski definition) is 3. The molecule has 4 heteroatoms. The zero-order chi connectivity index (χ0) is 11.4. The van der Waals surface area contributed by atoms with Gasteiger partial charge in [-0.3, -0.25) is 4.68 Å². The first kappa shape index (κ1) is 11.6. The first-order valence-corrected chi connectivity index (χ1v) is 6.11. The minimum Gasteiger partial charge on any atom is -0.314 e. The van der Waals surface area contributed by atoms with Crippen molar-refractivity contribution in [3.8, 4) is 0 Å². The summed E-state index contributed by atoms with van der Waals surface area (Å²) in [6.45, 7) is 6.82. The average Bonchev–Trinajstić information content (AvgIpc) is 2.81. The second kappa shape index (κ2) is 4.97. The number of piperidine rings is 1. The first-order chi connectivity index (χ1) is 7.72. The van der Waals surface area contributed by atoms with Gasteiger partial charge in [-0.05, 0) is 46.0 Å². The summed E-state index contributed by atoms with van der Waals surface area (Å²) in [7, 11) is 2.07. The van der Waals surface area contributed by atoms with Gasteiger partial charge in [-0.25, -0.2) is 0 Å². The molecule has 1 aromatic rings. The van der Waals surface area contributed by atoms with Crippen molar-refractivity contribution in [2.75, 3.05) is 26.7 Å². The van der Waals surface area contributed by atoms with Crippen LogP contribution >= 0.6 is 0 Å². The van der Waals surface area contributed by atoms with Gasteiger partial charge < -0.3 is 10.2 Å². The Labute approximate surface area is 97.6 Å². The highest BCUT2D eigenvalue weighted by atomic mass is 15.3. The summed E-state index contributed by atoms with van der Waals surface area (Å²) < 4.78 is 2.01. The van der Waals surface area contributed by atoms with Crippen LogP contribution in [-0.2, 0) is 6.54 Å². The van der Waals surface area contributed by atoms with E-state index in [0.717, 1.165) is 13.1 Å². The van der Waals surface area contributed by atoms with Gasteiger partial charge in [-0.15, -0.1) is 0 Å². The molecular weight excluding hydrogens is 200 g/mol. The molecule has 0 saturated carbocycles. The highest BCUT2D eigenvalue weighted by Gasteiger charge is 2.27. The molecule has 1 N–H and O–H groups in total. The summed E-state index contributed by atoms with van der Waals surface area (Å²) in [5.74, 6) is 0. The standard InChI is InChI=1S/C12H22N4/c1-12(13-2)4-8-15(9-5-12)10-11-16-7-3-6-14-16/h3,6-7,13H,4-5,8-11H2,1-2H3. The van der Waals surface area contributed by atoms with E-state index >= 15 is 0 Å². The van der Waals surface area contributed by atoms with Gasteiger partial charge in [0.05, 0.1) is 6.54 Å². The first-order valence-electron chi connectivity index (χ1n) is 6.11. The largest absolute Gasteiger partial charge is 0.314 e. The summed E-state index contributed by atoms with van der Waals surface area (Å²) in [4.78, 5) is 2.53. The molecule has 1 aliphatic rings. The maximum atomic E-state index is 4.22. The van der Waals surface area contributed by atoms with Crippen molar-refractivity contribution in [3.05, 3.63) is 18.5 Å². The van der Waals surface area contributed by atoms with Crippen LogP contribution in [-0.4, -0.2) is 46.9 Å². The molecule has 0 aromatic carbocycles. The van der Waals surface area contributed by atoms with Crippen molar-refractivity contribution in [2.24, 2.45) is 0 Å². The molecule has 0 aliphatic carbocycles. The molecule has 0 unspecified atom stereocenters. The third-order valence-electron chi connectivity index (χ3n) is 3.77. The highest BCUT2D eigenvalue weighted by Crippen LogP contribution is 2.20. The zero-order valence-electron chi connectivity index (χ0n) is 10.3. The van der Waals surface area contributed by atoms with Gasteiger partial charge in [0.15, 0.2) is 0 Å². The number of nitrogens with one attached hydrogen (secondary N) is 1. The van der Waals surface area contributed by atoms with Crippen molar-refractivity contribution < 1.29 is 0 Å². The number of nitrogens with zero attached hydrogens (tertiary/aromatic N) is 3. The van der Waals surface area contributed by atoms with E-state index in [1.807, 2.05) is 23.1 Å². The number of aromatic nitrogens is 2. The Kier molecular flexibility index (Phi) is 3.61. The molecule has 90 valence electrons. The summed E-state index contributed by atoms with van der Waals surface area (Å²) in [5.41, 5.74) is 0.349. The van der Waals surface area contributed by atoms with Gasteiger partial charge in [-0.2, -0.15) is 5.10 Å². The van der Waals surface area contributed by atoms with Gasteiger partial charge in [0, 0.05) is 24.5 Å². The lowest BCUT2D eigenvalue weighted by Crippen LogP contribution is -2.50. The predicted molar refractivity (Wildman–Crippen MR) is 65.4 cm³/mol. The number of hydrogen-bond donors (Lipinski definition) is 1. The lowest BCUT2D eigenvalue weighted by Gasteiger charge is -2.39. The third-order valence-corrected chi connectivity index (χ3v) is 3.77. The molecule has 0 spiro atoms. The summed E-state index contributed by atoms with van der Waals surface area (Å²) in [6, 6.07) is 1.98. The Morgan fingerprint density at radius 3 is 2.62 bits per heavy atom. The average molecular weight is 222 g/mol. The van der Waals surface area contributed by atoms with E-state index in [1.165, 1.54) is 25.9 Å². The summed E-state index contributed by atoms with van der Waals surface area (Å²) >= 11 is 0. The van der Waals surface area contributed by atoms with Gasteiger partial charge in [0.25, 0.3) is 0 Å². The van der Waals surface area contributed by atoms with Crippen molar-refractivity contribution in [3.63, 3.8) is 0 Å². The van der Waals surface area contributed by atoms with Crippen LogP contribution in [0.1, 0.15) is 19.8 Å². The maximum absolute atomic E-state index is 4.22. The Balaban J connectivity index is 1.73. The lowest BCUT2D eigenvalue weighted by molar-refractivity contribution is 0.147. The van der Waals surface area contributed by atoms with Crippen molar-refractivity contribution in [2.45, 2.75) is 31.8 Å². The van der Waals surface area contributed by atoms with Gasteiger partial charge in [0.1, 0.15) is 0 Å². The fourth-order valence-electron chi connectivity index (χ4n) is 2.20. The molecule has 16 heavy (non-hydrogen) atoms. The van der Waals surface area contributed by atoms with Crippen LogP contribution in [0.15, 0.2) is 18.5 Å². The smallest absolute Gasteiger partial charge is 0.0536 e. The monoisotopic (exact) mass is 222 g/mol. The highest BCUT2D eigenvalue weighted by molar-refractivity contribution is 4.88. The minimum absolute atomic E-state index is 0.349. The van der Waals surface area contributed by atoms with Crippen LogP contribution < -0.4 is 5.32 Å². The van der Waals surface area contributed by atoms with Crippen LogP contribution in [0.3, 0.4) is 0 Å². The van der Waals surface area contributed by atoms with E-state index in [0.29, 0.717) is 5.54 Å². The molecule has 2 rings (SSSR count). The second-order valence-electron chi connectivity index (χ2n) is 4.92. The van der Waals surface area contributed by atoms with E-state index in [4.69, 9.17) is 0 Å². The summed E-state index contributed by atoms with van der Waals surface area (Å²) in [5, 5.41) is 7.65. The SMILES string of the molecule is CNC1(C)CCN(CCn2cccn2)CC1. The van der Waals surface area contributed by atoms with Crippen LogP contribution in [0.4, 0.5) is 0 Å². The maximum Gasteiger partial charge on any atom is 0.0536 e. The van der Waals surface area contributed by atoms with Crippen molar-refractivity contribution in [1.82, 2.24) is 20.0 Å². The molecule has 0 amide bonds. The van der Waals surface area contributed by atoms with Crippen LogP contribution in [0.25, 0.3) is 0 Å². The molecular formula is C12H22N4. The Morgan fingerprint density at radius 2 is 2.06 bits per heavy atom. The van der Waals surface area contributed by atoms with Crippen molar-refractivity contribution >= 4 is 0 Å². The molecule has 0 atom stereocenters. The number of rotatable bonds is 4. The fourth-order valence-corrected chi connectivity index (χ4v) is 2.20. The molecule has 4 nitrogen and oxygen atoms in total. The Morgan fingerprint density at radius 1 is 1.31 bits per heavy atom. The number of likely N-dealkylation sites (tertiary alicyclic amines) is 1. The normalized spacial score (nSPS) is 21.1. The Bertz CT molecular complexity index is 299. The van der Waals surface area contributed by atoms with Crippen LogP contribution in [0.5, 0.6) is 0 Å². The molecule has 0 bridgehead atoms. The van der Waals surface area contributed by atoms with Gasteiger partial charge >= 0.3 is 0 Å². The fraction of sp³-hybridized carbons (Fsp3) is 0.750. The van der Waals surface area contributed by atoms with Gasteiger partial charge in [-0.1, -0.05) is 0 Å². The quantitative estimate of drug-likeness (QED) is 0.823. The molecule has 1 fully saturated rings. The van der Waals surface area contributed by atoms with E-state index in [-0.39, 0.29) is 0 Å². The van der Waals surface area contributed by atoms with Crippen molar-refractivity contribution in [1.29, 1.82) is 0 Å². The van der Waals surface area contributed by atoms with E-state index < -0.39 is 0 Å². The molecule has 2 heterocycles. The predicted octanol–water partition coefficient (Wildman–Crippen LogP) is 0.957. The Hall–Kier alpha value is -0.870. The summed E-state index contributed by atoms with van der Waals surface area (Å²) in [6.07, 6.45) is 6.35. The minimum atomic E-state index is 0.349. The van der Waals surface area contributed by atoms with Crippen LogP contribution in [0, 0.1) is 0 Å². The second-order valence-corrected chi connectivity index (χ2v) is 4.92. The molecule has 1 aliphatic heterocycles. The topological polar surface area (TPSA) is 33.1 Å².